The lowest BCUT2D eigenvalue weighted by atomic mass is 9.77. The van der Waals surface area contributed by atoms with Crippen LogP contribution in [0.4, 0.5) is 0 Å². The fourth-order valence-corrected chi connectivity index (χ4v) is 4.81. The van der Waals surface area contributed by atoms with Gasteiger partial charge in [0.25, 0.3) is 0 Å². The van der Waals surface area contributed by atoms with E-state index in [1.54, 1.807) is 0 Å². The summed E-state index contributed by atoms with van der Waals surface area (Å²) in [5.41, 5.74) is 4.53. The Bertz CT molecular complexity index is 825. The van der Waals surface area contributed by atoms with Crippen LogP contribution in [0, 0.1) is 17.2 Å². The van der Waals surface area contributed by atoms with Crippen molar-refractivity contribution in [1.29, 1.82) is 5.26 Å². The number of hydrogen-bond donors (Lipinski definition) is 0. The van der Waals surface area contributed by atoms with Gasteiger partial charge in [-0.25, -0.2) is 0 Å². The SMILES string of the molecule is CCCCCCCc1ccc(COc2ccc([C@H]3CC[C@H](CC)CC3)cc2C#N)cc1. The molecule has 1 fully saturated rings. The van der Waals surface area contributed by atoms with Crippen molar-refractivity contribution in [3.8, 4) is 11.8 Å². The molecule has 0 bridgehead atoms. The number of hydrogen-bond acceptors (Lipinski definition) is 2. The van der Waals surface area contributed by atoms with E-state index in [4.69, 9.17) is 4.74 Å². The molecule has 1 saturated carbocycles. The third-order valence-electron chi connectivity index (χ3n) is 7.01. The molecule has 0 aliphatic heterocycles. The highest BCUT2D eigenvalue weighted by Crippen LogP contribution is 2.38. The standard InChI is InChI=1S/C29H39NO/c1-3-5-6-7-8-9-24-10-12-25(13-11-24)22-31-29-19-18-27(20-28(29)21-30)26-16-14-23(4-2)15-17-26/h10-13,18-20,23,26H,3-9,14-17,22H2,1-2H3/t23-,26-. The monoisotopic (exact) mass is 417 g/mol. The highest BCUT2D eigenvalue weighted by atomic mass is 16.5. The van der Waals surface area contributed by atoms with Gasteiger partial charge in [-0.2, -0.15) is 5.26 Å². The van der Waals surface area contributed by atoms with Gasteiger partial charge in [-0.3, -0.25) is 0 Å². The fourth-order valence-electron chi connectivity index (χ4n) is 4.81. The van der Waals surface area contributed by atoms with Crippen LogP contribution in [0.5, 0.6) is 5.75 Å². The van der Waals surface area contributed by atoms with Crippen molar-refractivity contribution < 1.29 is 4.74 Å². The minimum atomic E-state index is 0.506. The Labute approximate surface area is 189 Å². The van der Waals surface area contributed by atoms with Crippen molar-refractivity contribution in [2.45, 2.75) is 97.0 Å². The smallest absolute Gasteiger partial charge is 0.137 e. The molecular formula is C29H39NO. The topological polar surface area (TPSA) is 33.0 Å². The second-order valence-electron chi connectivity index (χ2n) is 9.26. The third kappa shape index (κ3) is 7.13. The van der Waals surface area contributed by atoms with Gasteiger partial charge in [0.2, 0.25) is 0 Å². The van der Waals surface area contributed by atoms with Crippen LogP contribution in [0.3, 0.4) is 0 Å². The Hall–Kier alpha value is -2.27. The van der Waals surface area contributed by atoms with Crippen LogP contribution in [0.25, 0.3) is 0 Å². The summed E-state index contributed by atoms with van der Waals surface area (Å²) < 4.78 is 6.03. The van der Waals surface area contributed by atoms with Gasteiger partial charge in [-0.05, 0) is 79.2 Å². The maximum Gasteiger partial charge on any atom is 0.137 e. The Morgan fingerprint density at radius 3 is 2.26 bits per heavy atom. The van der Waals surface area contributed by atoms with E-state index in [0.717, 1.165) is 17.9 Å². The quantitative estimate of drug-likeness (QED) is 0.344. The first-order chi connectivity index (χ1) is 15.2. The normalized spacial score (nSPS) is 18.5. The van der Waals surface area contributed by atoms with Crippen LogP contribution < -0.4 is 4.74 Å². The van der Waals surface area contributed by atoms with E-state index in [1.807, 2.05) is 6.07 Å². The molecule has 2 aromatic carbocycles. The third-order valence-corrected chi connectivity index (χ3v) is 7.01. The molecule has 2 heteroatoms. The fraction of sp³-hybridized carbons (Fsp3) is 0.552. The van der Waals surface area contributed by atoms with Crippen LogP contribution in [0.15, 0.2) is 42.5 Å². The molecule has 0 N–H and O–H groups in total. The minimum Gasteiger partial charge on any atom is -0.488 e. The summed E-state index contributed by atoms with van der Waals surface area (Å²) in [5.74, 6) is 2.19. The summed E-state index contributed by atoms with van der Waals surface area (Å²) in [7, 11) is 0. The molecule has 1 aliphatic rings. The van der Waals surface area contributed by atoms with Gasteiger partial charge >= 0.3 is 0 Å². The zero-order chi connectivity index (χ0) is 21.9. The van der Waals surface area contributed by atoms with Crippen LogP contribution in [0.1, 0.15) is 106 Å². The Balaban J connectivity index is 1.51. The molecule has 0 radical (unpaired) electrons. The molecule has 31 heavy (non-hydrogen) atoms. The number of aryl methyl sites for hydroxylation is 1. The molecular weight excluding hydrogens is 378 g/mol. The number of benzene rings is 2. The molecule has 0 saturated heterocycles. The lowest BCUT2D eigenvalue weighted by molar-refractivity contribution is 0.304. The summed E-state index contributed by atoms with van der Waals surface area (Å²) in [6, 6.07) is 17.4. The maximum atomic E-state index is 9.66. The van der Waals surface area contributed by atoms with E-state index in [1.165, 1.54) is 75.3 Å². The molecule has 0 heterocycles. The Morgan fingerprint density at radius 1 is 0.871 bits per heavy atom. The van der Waals surface area contributed by atoms with Crippen LogP contribution in [-0.2, 0) is 13.0 Å². The largest absolute Gasteiger partial charge is 0.488 e. The molecule has 0 aromatic heterocycles. The average molecular weight is 418 g/mol. The van der Waals surface area contributed by atoms with Gasteiger partial charge in [-0.1, -0.05) is 76.3 Å². The molecule has 0 spiro atoms. The Morgan fingerprint density at radius 2 is 1.58 bits per heavy atom. The molecule has 0 unspecified atom stereocenters. The lowest BCUT2D eigenvalue weighted by Gasteiger charge is -2.28. The van der Waals surface area contributed by atoms with Gasteiger partial charge in [-0.15, -0.1) is 0 Å². The first-order valence-electron chi connectivity index (χ1n) is 12.5. The van der Waals surface area contributed by atoms with E-state index in [9.17, 15) is 5.26 Å². The lowest BCUT2D eigenvalue weighted by Crippen LogP contribution is -2.12. The molecule has 1 aliphatic carbocycles. The second kappa shape index (κ2) is 12.6. The van der Waals surface area contributed by atoms with Crippen molar-refractivity contribution in [3.05, 3.63) is 64.7 Å². The van der Waals surface area contributed by atoms with Gasteiger partial charge in [0.05, 0.1) is 5.56 Å². The first-order valence-corrected chi connectivity index (χ1v) is 12.5. The van der Waals surface area contributed by atoms with Gasteiger partial charge < -0.3 is 4.74 Å². The van der Waals surface area contributed by atoms with Gasteiger partial charge in [0, 0.05) is 0 Å². The molecule has 2 aromatic rings. The molecule has 0 atom stereocenters. The molecule has 2 nitrogen and oxygen atoms in total. The first kappa shape index (κ1) is 23.4. The average Bonchev–Trinajstić information content (AvgIpc) is 2.83. The van der Waals surface area contributed by atoms with E-state index in [2.05, 4.69) is 56.3 Å². The van der Waals surface area contributed by atoms with Crippen molar-refractivity contribution in [2.75, 3.05) is 0 Å². The minimum absolute atomic E-state index is 0.506. The maximum absolute atomic E-state index is 9.66. The van der Waals surface area contributed by atoms with E-state index >= 15 is 0 Å². The van der Waals surface area contributed by atoms with E-state index in [-0.39, 0.29) is 0 Å². The van der Waals surface area contributed by atoms with Gasteiger partial charge in [0.15, 0.2) is 0 Å². The second-order valence-corrected chi connectivity index (χ2v) is 9.26. The Kier molecular flexibility index (Phi) is 9.47. The summed E-state index contributed by atoms with van der Waals surface area (Å²) in [4.78, 5) is 0. The highest BCUT2D eigenvalue weighted by molar-refractivity contribution is 5.46. The summed E-state index contributed by atoms with van der Waals surface area (Å²) in [6.45, 7) is 5.06. The number of nitriles is 1. The summed E-state index contributed by atoms with van der Waals surface area (Å²) in [6.07, 6.45) is 14.2. The van der Waals surface area contributed by atoms with Crippen molar-refractivity contribution in [3.63, 3.8) is 0 Å². The number of unbranched alkanes of at least 4 members (excludes halogenated alkanes) is 4. The zero-order valence-electron chi connectivity index (χ0n) is 19.5. The van der Waals surface area contributed by atoms with Crippen LogP contribution in [0.2, 0.25) is 0 Å². The van der Waals surface area contributed by atoms with E-state index in [0.29, 0.717) is 23.8 Å². The number of ether oxygens (including phenoxy) is 1. The van der Waals surface area contributed by atoms with Gasteiger partial charge in [0.1, 0.15) is 18.4 Å². The van der Waals surface area contributed by atoms with E-state index < -0.39 is 0 Å². The summed E-state index contributed by atoms with van der Waals surface area (Å²) >= 11 is 0. The predicted octanol–water partition coefficient (Wildman–Crippen LogP) is 8.33. The predicted molar refractivity (Wildman–Crippen MR) is 129 cm³/mol. The van der Waals surface area contributed by atoms with Crippen molar-refractivity contribution in [2.24, 2.45) is 5.92 Å². The number of nitrogens with zero attached hydrogens (tertiary/aromatic N) is 1. The molecule has 166 valence electrons. The molecule has 3 rings (SSSR count). The molecule has 0 amide bonds. The number of rotatable bonds is 11. The zero-order valence-corrected chi connectivity index (χ0v) is 19.5. The van der Waals surface area contributed by atoms with Crippen LogP contribution >= 0.6 is 0 Å². The highest BCUT2D eigenvalue weighted by Gasteiger charge is 2.22. The summed E-state index contributed by atoms with van der Waals surface area (Å²) in [5, 5.41) is 9.66. The van der Waals surface area contributed by atoms with Crippen molar-refractivity contribution in [1.82, 2.24) is 0 Å². The van der Waals surface area contributed by atoms with Crippen molar-refractivity contribution >= 4 is 0 Å². The van der Waals surface area contributed by atoms with Crippen LogP contribution in [-0.4, -0.2) is 0 Å².